The van der Waals surface area contributed by atoms with Crippen LogP contribution in [0.15, 0.2) is 11.9 Å². The van der Waals surface area contributed by atoms with Crippen molar-refractivity contribution >= 4 is 10.4 Å². The largest absolute Gasteiger partial charge is 0.400 e. The summed E-state index contributed by atoms with van der Waals surface area (Å²) in [5.41, 5.74) is 0.744. The summed E-state index contributed by atoms with van der Waals surface area (Å²) in [6, 6.07) is 0. The minimum absolute atomic E-state index is 0.421. The fourth-order valence-corrected chi connectivity index (χ4v) is 2.29. The van der Waals surface area contributed by atoms with Gasteiger partial charge >= 0.3 is 10.4 Å². The van der Waals surface area contributed by atoms with Gasteiger partial charge in [-0.25, -0.2) is 4.31 Å². The summed E-state index contributed by atoms with van der Waals surface area (Å²) in [5, 5.41) is 0. The number of hydrogen-bond donors (Lipinski definition) is 0. The van der Waals surface area contributed by atoms with Gasteiger partial charge in [-0.05, 0) is 13.3 Å². The smallest absolute Gasteiger partial charge is 0.356 e. The predicted molar refractivity (Wildman–Crippen MR) is 47.5 cm³/mol. The summed E-state index contributed by atoms with van der Waals surface area (Å²) in [7, 11) is -2.87. The van der Waals surface area contributed by atoms with E-state index in [-0.39, 0.29) is 0 Å². The molecule has 0 spiro atoms. The van der Waals surface area contributed by atoms with E-state index in [0.29, 0.717) is 6.42 Å². The molecule has 0 bridgehead atoms. The number of allylic oxidation sites excluding steroid dienone is 1. The lowest BCUT2D eigenvalue weighted by Gasteiger charge is -2.26. The maximum atomic E-state index is 12.7. The highest BCUT2D eigenvalue weighted by Crippen LogP contribution is 2.25. The lowest BCUT2D eigenvalue weighted by atomic mass is 10.3. The van der Waals surface area contributed by atoms with Crippen LogP contribution in [-0.4, -0.2) is 30.8 Å². The summed E-state index contributed by atoms with van der Waals surface area (Å²) in [5.74, 6) is 0. The maximum Gasteiger partial charge on any atom is 0.400 e. The van der Waals surface area contributed by atoms with E-state index < -0.39 is 16.6 Å². The van der Waals surface area contributed by atoms with Gasteiger partial charge in [-0.1, -0.05) is 10.8 Å². The van der Waals surface area contributed by atoms with Gasteiger partial charge in [0.1, 0.15) is 6.17 Å². The molecule has 6 heteroatoms. The second-order valence-electron chi connectivity index (χ2n) is 3.04. The highest BCUT2D eigenvalue weighted by Gasteiger charge is 2.34. The van der Waals surface area contributed by atoms with E-state index in [2.05, 4.69) is 0 Å². The highest BCUT2D eigenvalue weighted by molar-refractivity contribution is 7.84. The normalized spacial score (nSPS) is 23.7. The Morgan fingerprint density at radius 1 is 1.62 bits per heavy atom. The topological polar surface area (TPSA) is 40.6 Å². The van der Waals surface area contributed by atoms with E-state index in [0.717, 1.165) is 10.0 Å². The van der Waals surface area contributed by atoms with Gasteiger partial charge in [-0.15, -0.1) is 0 Å². The summed E-state index contributed by atoms with van der Waals surface area (Å²) >= 11 is 0. The van der Waals surface area contributed by atoms with E-state index in [1.54, 1.807) is 18.9 Å². The van der Waals surface area contributed by atoms with Crippen LogP contribution in [0.5, 0.6) is 0 Å². The van der Waals surface area contributed by atoms with Crippen LogP contribution in [0.25, 0.3) is 0 Å². The molecule has 0 saturated carbocycles. The molecule has 1 heterocycles. The number of halogens is 1. The Morgan fingerprint density at radius 3 is 2.46 bits per heavy atom. The molecule has 1 unspecified atom stereocenters. The fraction of sp³-hybridized carbons (Fsp3) is 0.714. The maximum absolute atomic E-state index is 12.7. The number of nitrogens with zero attached hydrogens (tertiary/aromatic N) is 2. The molecular weight excluding hydrogens is 195 g/mol. The predicted octanol–water partition coefficient (Wildman–Crippen LogP) is 1.05. The summed E-state index contributed by atoms with van der Waals surface area (Å²) < 4.78 is 34.8. The molecule has 1 atom stereocenters. The Balaban J connectivity index is 3.00. The molecule has 0 amide bonds. The zero-order valence-corrected chi connectivity index (χ0v) is 8.68. The van der Waals surface area contributed by atoms with Gasteiger partial charge in [-0.2, -0.15) is 8.42 Å². The average molecular weight is 208 g/mol. The third kappa shape index (κ3) is 1.77. The number of hydrogen-bond acceptors (Lipinski definition) is 3. The van der Waals surface area contributed by atoms with Gasteiger partial charge in [0.25, 0.3) is 0 Å². The zero-order chi connectivity index (χ0) is 10.2. The molecule has 13 heavy (non-hydrogen) atoms. The summed E-state index contributed by atoms with van der Waals surface area (Å²) in [6.45, 7) is 3.56. The molecule has 1 aliphatic rings. The van der Waals surface area contributed by atoms with Crippen molar-refractivity contribution in [2.45, 2.75) is 26.4 Å². The van der Waals surface area contributed by atoms with Gasteiger partial charge in [0.15, 0.2) is 0 Å². The SMILES string of the molecule is CCC1N(C)C(C)=CN1S(=O)(=O)F. The van der Waals surface area contributed by atoms with Gasteiger partial charge in [-0.3, -0.25) is 0 Å². The summed E-state index contributed by atoms with van der Waals surface area (Å²) in [6.07, 6.45) is 1.44. The lowest BCUT2D eigenvalue weighted by Crippen LogP contribution is -2.38. The van der Waals surface area contributed by atoms with Crippen molar-refractivity contribution in [2.24, 2.45) is 0 Å². The van der Waals surface area contributed by atoms with Crippen molar-refractivity contribution in [3.05, 3.63) is 11.9 Å². The first-order valence-electron chi connectivity index (χ1n) is 4.02. The minimum atomic E-state index is -4.61. The Kier molecular flexibility index (Phi) is 2.51. The second kappa shape index (κ2) is 3.17. The molecule has 1 rings (SSSR count). The molecule has 0 aromatic carbocycles. The van der Waals surface area contributed by atoms with E-state index in [9.17, 15) is 12.3 Å². The van der Waals surface area contributed by atoms with Crippen LogP contribution in [0.2, 0.25) is 0 Å². The van der Waals surface area contributed by atoms with E-state index in [1.807, 2.05) is 6.92 Å². The molecular formula is C7H13FN2O2S. The van der Waals surface area contributed by atoms with E-state index in [1.165, 1.54) is 6.20 Å². The molecule has 0 aliphatic carbocycles. The third-order valence-electron chi connectivity index (χ3n) is 2.23. The van der Waals surface area contributed by atoms with Crippen LogP contribution in [0, 0.1) is 0 Å². The monoisotopic (exact) mass is 208 g/mol. The molecule has 1 aliphatic heterocycles. The Bertz CT molecular complexity index is 325. The summed E-state index contributed by atoms with van der Waals surface area (Å²) in [4.78, 5) is 1.73. The molecule has 4 nitrogen and oxygen atoms in total. The Morgan fingerprint density at radius 2 is 2.15 bits per heavy atom. The molecule has 0 N–H and O–H groups in total. The van der Waals surface area contributed by atoms with Crippen LogP contribution in [0.3, 0.4) is 0 Å². The first-order chi connectivity index (χ1) is 5.88. The van der Waals surface area contributed by atoms with Crippen LogP contribution in [-0.2, 0) is 10.4 Å². The molecule has 0 fully saturated rings. The average Bonchev–Trinajstić information content (AvgIpc) is 2.28. The lowest BCUT2D eigenvalue weighted by molar-refractivity contribution is 0.226. The van der Waals surface area contributed by atoms with Crippen molar-refractivity contribution in [3.8, 4) is 0 Å². The van der Waals surface area contributed by atoms with Crippen molar-refractivity contribution in [1.29, 1.82) is 0 Å². The molecule has 76 valence electrons. The Hall–Kier alpha value is -0.780. The van der Waals surface area contributed by atoms with Gasteiger partial charge < -0.3 is 4.90 Å². The van der Waals surface area contributed by atoms with Crippen molar-refractivity contribution in [1.82, 2.24) is 9.21 Å². The van der Waals surface area contributed by atoms with Crippen molar-refractivity contribution in [2.75, 3.05) is 7.05 Å². The molecule has 0 radical (unpaired) electrons. The minimum Gasteiger partial charge on any atom is -0.356 e. The highest BCUT2D eigenvalue weighted by atomic mass is 32.3. The second-order valence-corrected chi connectivity index (χ2v) is 4.29. The van der Waals surface area contributed by atoms with Gasteiger partial charge in [0.2, 0.25) is 0 Å². The molecule has 0 saturated heterocycles. The van der Waals surface area contributed by atoms with Crippen LogP contribution in [0.1, 0.15) is 20.3 Å². The van der Waals surface area contributed by atoms with Crippen LogP contribution < -0.4 is 0 Å². The van der Waals surface area contributed by atoms with Gasteiger partial charge in [0, 0.05) is 18.9 Å². The van der Waals surface area contributed by atoms with Crippen molar-refractivity contribution < 1.29 is 12.3 Å². The first kappa shape index (κ1) is 10.3. The first-order valence-corrected chi connectivity index (χ1v) is 5.36. The quantitative estimate of drug-likeness (QED) is 0.637. The van der Waals surface area contributed by atoms with E-state index >= 15 is 0 Å². The molecule has 0 aromatic heterocycles. The van der Waals surface area contributed by atoms with Crippen LogP contribution >= 0.6 is 0 Å². The van der Waals surface area contributed by atoms with E-state index in [4.69, 9.17) is 0 Å². The Labute approximate surface area is 78.0 Å². The van der Waals surface area contributed by atoms with Gasteiger partial charge in [0.05, 0.1) is 0 Å². The number of rotatable bonds is 2. The van der Waals surface area contributed by atoms with Crippen molar-refractivity contribution in [3.63, 3.8) is 0 Å². The van der Waals surface area contributed by atoms with Crippen LogP contribution in [0.4, 0.5) is 3.89 Å². The molecule has 0 aromatic rings. The third-order valence-corrected chi connectivity index (χ3v) is 3.08. The zero-order valence-electron chi connectivity index (χ0n) is 7.86. The fourth-order valence-electron chi connectivity index (χ4n) is 1.43. The standard InChI is InChI=1S/C7H13FN2O2S/c1-4-7-9(3)6(2)5-10(7)13(8,11)12/h5,7H,4H2,1-3H3.